The van der Waals surface area contributed by atoms with Gasteiger partial charge in [0, 0.05) is 11.6 Å². The molecule has 1 fully saturated rings. The minimum atomic E-state index is 0.282. The van der Waals surface area contributed by atoms with Crippen molar-refractivity contribution < 1.29 is 0 Å². The molecule has 1 rings (SSSR count). The first-order chi connectivity index (χ1) is 9.04. The third-order valence-electron chi connectivity index (χ3n) is 4.86. The maximum absolute atomic E-state index is 3.85. The van der Waals surface area contributed by atoms with Crippen molar-refractivity contribution in [1.82, 2.24) is 10.2 Å². The number of nitrogens with zero attached hydrogens (tertiary/aromatic N) is 1. The molecule has 2 heteroatoms. The smallest absolute Gasteiger partial charge is 0.0308 e. The van der Waals surface area contributed by atoms with Crippen LogP contribution < -0.4 is 5.32 Å². The first-order valence-electron chi connectivity index (χ1n) is 8.52. The molecule has 114 valence electrons. The molecule has 0 aromatic rings. The zero-order valence-electron chi connectivity index (χ0n) is 14.0. The molecule has 0 aromatic carbocycles. The average Bonchev–Trinajstić information content (AvgIpc) is 2.40. The molecule has 0 saturated carbocycles. The van der Waals surface area contributed by atoms with Crippen molar-refractivity contribution >= 4 is 0 Å². The van der Waals surface area contributed by atoms with E-state index in [2.05, 4.69) is 44.8 Å². The Kier molecular flexibility index (Phi) is 7.38. The number of hydrogen-bond donors (Lipinski definition) is 1. The van der Waals surface area contributed by atoms with Crippen molar-refractivity contribution in [1.29, 1.82) is 0 Å². The molecule has 0 radical (unpaired) electrons. The first-order valence-corrected chi connectivity index (χ1v) is 8.52. The summed E-state index contributed by atoms with van der Waals surface area (Å²) in [6, 6.07) is 0.616. The highest BCUT2D eigenvalue weighted by molar-refractivity contribution is 4.96. The average molecular weight is 268 g/mol. The van der Waals surface area contributed by atoms with E-state index in [-0.39, 0.29) is 5.54 Å². The molecular formula is C17H36N2. The summed E-state index contributed by atoms with van der Waals surface area (Å²) in [5.74, 6) is 0.758. The van der Waals surface area contributed by atoms with Gasteiger partial charge in [-0.3, -0.25) is 4.90 Å². The zero-order chi connectivity index (χ0) is 14.3. The Hall–Kier alpha value is -0.0800. The van der Waals surface area contributed by atoms with Gasteiger partial charge in [-0.25, -0.2) is 0 Å². The highest BCUT2D eigenvalue weighted by atomic mass is 15.2. The van der Waals surface area contributed by atoms with E-state index < -0.39 is 0 Å². The molecule has 0 aliphatic carbocycles. The Balaban J connectivity index is 2.73. The molecule has 0 aromatic heterocycles. The van der Waals surface area contributed by atoms with Crippen molar-refractivity contribution in [2.24, 2.45) is 5.92 Å². The second-order valence-corrected chi connectivity index (χ2v) is 6.90. The second-order valence-electron chi connectivity index (χ2n) is 6.90. The predicted octanol–water partition coefficient (Wildman–Crippen LogP) is 4.06. The molecule has 1 heterocycles. The van der Waals surface area contributed by atoms with Crippen LogP contribution in [0.2, 0.25) is 0 Å². The van der Waals surface area contributed by atoms with Gasteiger partial charge in [0.1, 0.15) is 0 Å². The molecule has 1 aliphatic rings. The fraction of sp³-hybridized carbons (Fsp3) is 1.00. The largest absolute Gasteiger partial charge is 0.312 e. The van der Waals surface area contributed by atoms with E-state index in [1.54, 1.807) is 0 Å². The Morgan fingerprint density at radius 2 is 1.68 bits per heavy atom. The van der Waals surface area contributed by atoms with Gasteiger partial charge in [0.15, 0.2) is 0 Å². The van der Waals surface area contributed by atoms with E-state index in [0.29, 0.717) is 6.04 Å². The Bertz CT molecular complexity index is 231. The summed E-state index contributed by atoms with van der Waals surface area (Å²) in [4.78, 5) is 2.73. The third-order valence-corrected chi connectivity index (χ3v) is 4.86. The van der Waals surface area contributed by atoms with Crippen molar-refractivity contribution in [3.8, 4) is 0 Å². The molecule has 2 atom stereocenters. The highest BCUT2D eigenvalue weighted by Crippen LogP contribution is 2.29. The third kappa shape index (κ3) is 4.75. The van der Waals surface area contributed by atoms with Gasteiger partial charge in [-0.05, 0) is 65.1 Å². The molecule has 2 unspecified atom stereocenters. The van der Waals surface area contributed by atoms with Crippen LogP contribution in [0.15, 0.2) is 0 Å². The quantitative estimate of drug-likeness (QED) is 0.714. The maximum Gasteiger partial charge on any atom is 0.0308 e. The van der Waals surface area contributed by atoms with Crippen LogP contribution in [0.1, 0.15) is 73.1 Å². The van der Waals surface area contributed by atoms with Gasteiger partial charge in [0.05, 0.1) is 0 Å². The van der Waals surface area contributed by atoms with Crippen LogP contribution in [0.3, 0.4) is 0 Å². The summed E-state index contributed by atoms with van der Waals surface area (Å²) in [5.41, 5.74) is 0.282. The van der Waals surface area contributed by atoms with Crippen LogP contribution in [0.25, 0.3) is 0 Å². The Morgan fingerprint density at radius 1 is 1.05 bits per heavy atom. The van der Waals surface area contributed by atoms with Crippen LogP contribution in [0.5, 0.6) is 0 Å². The van der Waals surface area contributed by atoms with E-state index in [0.717, 1.165) is 12.5 Å². The van der Waals surface area contributed by atoms with Gasteiger partial charge in [-0.15, -0.1) is 0 Å². The van der Waals surface area contributed by atoms with E-state index >= 15 is 0 Å². The van der Waals surface area contributed by atoms with Crippen LogP contribution in [-0.4, -0.2) is 36.1 Å². The fourth-order valence-electron chi connectivity index (χ4n) is 3.74. The summed E-state index contributed by atoms with van der Waals surface area (Å²) in [5, 5.41) is 3.85. The summed E-state index contributed by atoms with van der Waals surface area (Å²) in [6.45, 7) is 15.6. The van der Waals surface area contributed by atoms with Gasteiger partial charge in [-0.2, -0.15) is 0 Å². The molecule has 19 heavy (non-hydrogen) atoms. The summed E-state index contributed by atoms with van der Waals surface area (Å²) >= 11 is 0. The Labute approximate surface area is 121 Å². The van der Waals surface area contributed by atoms with E-state index in [4.69, 9.17) is 0 Å². The maximum atomic E-state index is 3.85. The molecule has 1 N–H and O–H groups in total. The van der Waals surface area contributed by atoms with Crippen molar-refractivity contribution in [2.75, 3.05) is 19.6 Å². The standard InChI is InChI=1S/C17H36N2/c1-6-11-15(3)16(18-12-7-2)17(4,5)19-13-9-8-10-14-19/h15-16,18H,6-14H2,1-5H3. The van der Waals surface area contributed by atoms with Crippen LogP contribution >= 0.6 is 0 Å². The van der Waals surface area contributed by atoms with Crippen molar-refractivity contribution in [3.05, 3.63) is 0 Å². The van der Waals surface area contributed by atoms with E-state index in [1.165, 1.54) is 51.6 Å². The summed E-state index contributed by atoms with van der Waals surface area (Å²) < 4.78 is 0. The number of nitrogens with one attached hydrogen (secondary N) is 1. The number of hydrogen-bond acceptors (Lipinski definition) is 2. The minimum Gasteiger partial charge on any atom is -0.312 e. The fourth-order valence-corrected chi connectivity index (χ4v) is 3.74. The lowest BCUT2D eigenvalue weighted by Gasteiger charge is -2.48. The first kappa shape index (κ1) is 17.0. The summed E-state index contributed by atoms with van der Waals surface area (Å²) in [6.07, 6.45) is 8.04. The summed E-state index contributed by atoms with van der Waals surface area (Å²) in [7, 11) is 0. The molecule has 1 saturated heterocycles. The molecular weight excluding hydrogens is 232 g/mol. The number of piperidine rings is 1. The number of rotatable bonds is 8. The van der Waals surface area contributed by atoms with Crippen LogP contribution in [0, 0.1) is 5.92 Å². The molecule has 0 amide bonds. The van der Waals surface area contributed by atoms with Crippen molar-refractivity contribution in [3.63, 3.8) is 0 Å². The Morgan fingerprint density at radius 3 is 2.21 bits per heavy atom. The normalized spacial score (nSPS) is 21.3. The lowest BCUT2D eigenvalue weighted by molar-refractivity contribution is 0.0413. The van der Waals surface area contributed by atoms with Crippen molar-refractivity contribution in [2.45, 2.75) is 84.7 Å². The lowest BCUT2D eigenvalue weighted by atomic mass is 9.80. The number of likely N-dealkylation sites (tertiary alicyclic amines) is 1. The second kappa shape index (κ2) is 8.26. The SMILES string of the molecule is CCCNC(C(C)CCC)C(C)(C)N1CCCCC1. The monoisotopic (exact) mass is 268 g/mol. The van der Waals surface area contributed by atoms with Crippen LogP contribution in [-0.2, 0) is 0 Å². The van der Waals surface area contributed by atoms with Gasteiger partial charge < -0.3 is 5.32 Å². The zero-order valence-corrected chi connectivity index (χ0v) is 14.0. The predicted molar refractivity (Wildman–Crippen MR) is 85.7 cm³/mol. The highest BCUT2D eigenvalue weighted by Gasteiger charge is 2.38. The molecule has 0 bridgehead atoms. The van der Waals surface area contributed by atoms with Crippen LogP contribution in [0.4, 0.5) is 0 Å². The topological polar surface area (TPSA) is 15.3 Å². The lowest BCUT2D eigenvalue weighted by Crippen LogP contribution is -2.61. The van der Waals surface area contributed by atoms with Gasteiger partial charge >= 0.3 is 0 Å². The van der Waals surface area contributed by atoms with Gasteiger partial charge in [0.25, 0.3) is 0 Å². The molecule has 2 nitrogen and oxygen atoms in total. The van der Waals surface area contributed by atoms with E-state index in [1.807, 2.05) is 0 Å². The van der Waals surface area contributed by atoms with E-state index in [9.17, 15) is 0 Å². The van der Waals surface area contributed by atoms with Gasteiger partial charge in [-0.1, -0.05) is 33.6 Å². The van der Waals surface area contributed by atoms with Gasteiger partial charge in [0.2, 0.25) is 0 Å². The minimum absolute atomic E-state index is 0.282. The molecule has 0 spiro atoms. The molecule has 1 aliphatic heterocycles.